The Morgan fingerprint density at radius 2 is 1.50 bits per heavy atom. The van der Waals surface area contributed by atoms with Crippen molar-refractivity contribution in [1.29, 1.82) is 0 Å². The van der Waals surface area contributed by atoms with Crippen molar-refractivity contribution in [3.63, 3.8) is 0 Å². The molecule has 0 radical (unpaired) electrons. The van der Waals surface area contributed by atoms with Crippen LogP contribution >= 0.6 is 0 Å². The third-order valence-electron chi connectivity index (χ3n) is 3.64. The summed E-state index contributed by atoms with van der Waals surface area (Å²) >= 11 is 0. The summed E-state index contributed by atoms with van der Waals surface area (Å²) in [4.78, 5) is 22.9. The molecule has 0 amide bonds. The normalized spacial score (nSPS) is 31.3. The van der Waals surface area contributed by atoms with Crippen molar-refractivity contribution >= 4 is 11.9 Å². The zero-order chi connectivity index (χ0) is 18.3. The van der Waals surface area contributed by atoms with E-state index in [0.29, 0.717) is 0 Å². The number of carbonyl (C=O) groups excluding carboxylic acids is 2. The molecule has 0 aromatic carbocycles. The van der Waals surface area contributed by atoms with Gasteiger partial charge in [-0.15, -0.1) is 0 Å². The number of hydrogen-bond donors (Lipinski definition) is 0. The summed E-state index contributed by atoms with van der Waals surface area (Å²) in [7, 11) is 5.86. The highest BCUT2D eigenvalue weighted by molar-refractivity contribution is 5.67. The third kappa shape index (κ3) is 5.12. The Bertz CT molecular complexity index is 414. The van der Waals surface area contributed by atoms with Crippen molar-refractivity contribution in [1.82, 2.24) is 0 Å². The molecule has 0 N–H and O–H groups in total. The first kappa shape index (κ1) is 20.8. The Kier molecular flexibility index (Phi) is 8.57. The Labute approximate surface area is 141 Å². The molecule has 9 heteroatoms. The molecule has 1 aliphatic rings. The predicted molar refractivity (Wildman–Crippen MR) is 80.2 cm³/mol. The first-order chi connectivity index (χ1) is 11.4. The van der Waals surface area contributed by atoms with Gasteiger partial charge in [0, 0.05) is 42.3 Å². The Morgan fingerprint density at radius 3 is 1.92 bits per heavy atom. The molecule has 1 unspecified atom stereocenters. The first-order valence-electron chi connectivity index (χ1n) is 7.46. The van der Waals surface area contributed by atoms with Crippen LogP contribution in [-0.2, 0) is 42.7 Å². The van der Waals surface area contributed by atoms with Gasteiger partial charge in [0.15, 0.2) is 18.5 Å². The molecule has 1 rings (SSSR count). The topological polar surface area (TPSA) is 98.8 Å². The van der Waals surface area contributed by atoms with Crippen molar-refractivity contribution in [2.45, 2.75) is 50.7 Å². The molecule has 140 valence electrons. The summed E-state index contributed by atoms with van der Waals surface area (Å²) in [6.45, 7) is 2.73. The standard InChI is InChI=1S/C15H26O9/c1-8(16)22-13-12(20-5)11(10(19-4)7-18-3)24-15(21-6)14(13)23-9(2)17/h10-15H,7H2,1-6H3/t10-,11-,12-,13+,14-,15?/m1/s1. The summed E-state index contributed by atoms with van der Waals surface area (Å²) in [5.74, 6) is -1.10. The number of rotatable bonds is 8. The molecule has 0 aliphatic carbocycles. The molecular weight excluding hydrogens is 324 g/mol. The zero-order valence-corrected chi connectivity index (χ0v) is 14.8. The summed E-state index contributed by atoms with van der Waals surface area (Å²) < 4.78 is 37.7. The molecule has 1 aliphatic heterocycles. The van der Waals surface area contributed by atoms with Gasteiger partial charge in [0.05, 0.1) is 6.61 Å². The molecule has 1 heterocycles. The predicted octanol–water partition coefficient (Wildman–Crippen LogP) is -0.102. The Balaban J connectivity index is 3.17. The Hall–Kier alpha value is -1.26. The van der Waals surface area contributed by atoms with Crippen molar-refractivity contribution in [3.8, 4) is 0 Å². The van der Waals surface area contributed by atoms with Gasteiger partial charge < -0.3 is 33.2 Å². The lowest BCUT2D eigenvalue weighted by Gasteiger charge is -2.45. The number of methoxy groups -OCH3 is 4. The molecular formula is C15H26O9. The van der Waals surface area contributed by atoms with Crippen LogP contribution in [0.4, 0.5) is 0 Å². The lowest BCUT2D eigenvalue weighted by molar-refractivity contribution is -0.315. The quantitative estimate of drug-likeness (QED) is 0.556. The van der Waals surface area contributed by atoms with E-state index in [1.165, 1.54) is 42.3 Å². The number of hydrogen-bond acceptors (Lipinski definition) is 9. The van der Waals surface area contributed by atoms with Gasteiger partial charge in [-0.25, -0.2) is 0 Å². The van der Waals surface area contributed by atoms with Crippen LogP contribution in [0.25, 0.3) is 0 Å². The minimum Gasteiger partial charge on any atom is -0.455 e. The second-order valence-electron chi connectivity index (χ2n) is 5.28. The molecule has 1 fully saturated rings. The molecule has 6 atom stereocenters. The average molecular weight is 350 g/mol. The fourth-order valence-corrected chi connectivity index (χ4v) is 2.70. The van der Waals surface area contributed by atoms with Crippen LogP contribution in [-0.4, -0.2) is 83.8 Å². The summed E-state index contributed by atoms with van der Waals surface area (Å²) in [5.41, 5.74) is 0. The van der Waals surface area contributed by atoms with E-state index < -0.39 is 48.7 Å². The summed E-state index contributed by atoms with van der Waals surface area (Å²) in [5, 5.41) is 0. The van der Waals surface area contributed by atoms with E-state index in [9.17, 15) is 9.59 Å². The van der Waals surface area contributed by atoms with Crippen molar-refractivity contribution < 1.29 is 42.7 Å². The van der Waals surface area contributed by atoms with Gasteiger partial charge >= 0.3 is 11.9 Å². The van der Waals surface area contributed by atoms with Gasteiger partial charge in [0.1, 0.15) is 18.3 Å². The highest BCUT2D eigenvalue weighted by Crippen LogP contribution is 2.31. The van der Waals surface area contributed by atoms with E-state index in [2.05, 4.69) is 0 Å². The highest BCUT2D eigenvalue weighted by Gasteiger charge is 2.52. The van der Waals surface area contributed by atoms with E-state index >= 15 is 0 Å². The van der Waals surface area contributed by atoms with E-state index in [4.69, 9.17) is 33.2 Å². The minimum absolute atomic E-state index is 0.225. The van der Waals surface area contributed by atoms with Crippen LogP contribution in [0.15, 0.2) is 0 Å². The first-order valence-corrected chi connectivity index (χ1v) is 7.46. The lowest BCUT2D eigenvalue weighted by Crippen LogP contribution is -2.64. The molecule has 0 aromatic heterocycles. The fourth-order valence-electron chi connectivity index (χ4n) is 2.70. The maximum atomic E-state index is 11.5. The van der Waals surface area contributed by atoms with Crippen LogP contribution in [0, 0.1) is 0 Å². The minimum atomic E-state index is -0.974. The molecule has 0 aromatic rings. The maximum absolute atomic E-state index is 11.5. The molecule has 0 spiro atoms. The smallest absolute Gasteiger partial charge is 0.303 e. The van der Waals surface area contributed by atoms with Gasteiger partial charge in [0.25, 0.3) is 0 Å². The van der Waals surface area contributed by atoms with E-state index in [0.717, 1.165) is 0 Å². The molecule has 1 saturated heterocycles. The summed E-state index contributed by atoms with van der Waals surface area (Å²) in [6, 6.07) is 0. The molecule has 24 heavy (non-hydrogen) atoms. The van der Waals surface area contributed by atoms with Gasteiger partial charge in [-0.05, 0) is 0 Å². The number of esters is 2. The van der Waals surface area contributed by atoms with Gasteiger partial charge in [-0.2, -0.15) is 0 Å². The van der Waals surface area contributed by atoms with Crippen LogP contribution in [0.5, 0.6) is 0 Å². The Morgan fingerprint density at radius 1 is 0.917 bits per heavy atom. The molecule has 0 bridgehead atoms. The highest BCUT2D eigenvalue weighted by atomic mass is 16.7. The van der Waals surface area contributed by atoms with Gasteiger partial charge in [-0.3, -0.25) is 9.59 Å². The number of ether oxygens (including phenoxy) is 7. The lowest BCUT2D eigenvalue weighted by atomic mass is 9.94. The SMILES string of the molecule is COC[C@@H](OC)[C@H]1OC(OC)[C@H](OC(C)=O)[C@@H](OC(C)=O)[C@@H]1OC. The van der Waals surface area contributed by atoms with Crippen molar-refractivity contribution in [3.05, 3.63) is 0 Å². The fraction of sp³-hybridized carbons (Fsp3) is 0.867. The van der Waals surface area contributed by atoms with Crippen LogP contribution in [0.2, 0.25) is 0 Å². The third-order valence-corrected chi connectivity index (χ3v) is 3.64. The van der Waals surface area contributed by atoms with E-state index in [1.807, 2.05) is 0 Å². The van der Waals surface area contributed by atoms with E-state index in [-0.39, 0.29) is 6.61 Å². The summed E-state index contributed by atoms with van der Waals surface area (Å²) in [6.07, 6.45) is -4.77. The van der Waals surface area contributed by atoms with Gasteiger partial charge in [-0.1, -0.05) is 0 Å². The van der Waals surface area contributed by atoms with Crippen molar-refractivity contribution in [2.75, 3.05) is 35.0 Å². The maximum Gasteiger partial charge on any atom is 0.303 e. The molecule has 9 nitrogen and oxygen atoms in total. The monoisotopic (exact) mass is 350 g/mol. The largest absolute Gasteiger partial charge is 0.455 e. The van der Waals surface area contributed by atoms with E-state index in [1.54, 1.807) is 0 Å². The van der Waals surface area contributed by atoms with Crippen LogP contribution in [0.1, 0.15) is 13.8 Å². The van der Waals surface area contributed by atoms with Crippen LogP contribution in [0.3, 0.4) is 0 Å². The van der Waals surface area contributed by atoms with Crippen molar-refractivity contribution in [2.24, 2.45) is 0 Å². The second kappa shape index (κ2) is 9.90. The van der Waals surface area contributed by atoms with Gasteiger partial charge in [0.2, 0.25) is 0 Å². The van der Waals surface area contributed by atoms with Crippen LogP contribution < -0.4 is 0 Å². The number of carbonyl (C=O) groups is 2. The average Bonchev–Trinajstić information content (AvgIpc) is 2.53. The molecule has 0 saturated carbocycles. The second-order valence-corrected chi connectivity index (χ2v) is 5.28. The zero-order valence-electron chi connectivity index (χ0n) is 14.8.